The van der Waals surface area contributed by atoms with Crippen LogP contribution in [0, 0.1) is 0 Å². The predicted molar refractivity (Wildman–Crippen MR) is 91.8 cm³/mol. The van der Waals surface area contributed by atoms with Crippen LogP contribution < -0.4 is 10.2 Å². The third kappa shape index (κ3) is 4.91. The highest BCUT2D eigenvalue weighted by atomic mass is 16.3. The lowest BCUT2D eigenvalue weighted by molar-refractivity contribution is 0.0952. The topological polar surface area (TPSA) is 68.7 Å². The summed E-state index contributed by atoms with van der Waals surface area (Å²) in [7, 11) is 3.76. The molecule has 2 N–H and O–H groups in total. The van der Waals surface area contributed by atoms with Gasteiger partial charge >= 0.3 is 0 Å². The Morgan fingerprint density at radius 2 is 2.30 bits per heavy atom. The van der Waals surface area contributed by atoms with Gasteiger partial charge in [-0.05, 0) is 50.9 Å². The lowest BCUT2D eigenvalue weighted by Crippen LogP contribution is -2.33. The van der Waals surface area contributed by atoms with E-state index < -0.39 is 0 Å². The standard InChI is InChI=1S/C17H28N4O2/c1-20(2)16-15(8-5-10-18-16)17(23)19-9-3-4-11-21-12-6-7-14(21)13-22/h5,8,10,14,22H,3-4,6-7,9,11-13H2,1-2H3,(H,19,23). The van der Waals surface area contributed by atoms with E-state index in [1.54, 1.807) is 18.3 Å². The number of anilines is 1. The fraction of sp³-hybridized carbons (Fsp3) is 0.647. The number of amides is 1. The smallest absolute Gasteiger partial charge is 0.255 e. The van der Waals surface area contributed by atoms with Crippen molar-refractivity contribution in [2.75, 3.05) is 45.2 Å². The molecule has 2 heterocycles. The zero-order valence-electron chi connectivity index (χ0n) is 14.2. The second-order valence-corrected chi connectivity index (χ2v) is 6.25. The van der Waals surface area contributed by atoms with Crippen LogP contribution in [0.15, 0.2) is 18.3 Å². The van der Waals surface area contributed by atoms with Gasteiger partial charge in [0.15, 0.2) is 0 Å². The van der Waals surface area contributed by atoms with E-state index in [1.807, 2.05) is 19.0 Å². The third-order valence-corrected chi connectivity index (χ3v) is 4.32. The summed E-state index contributed by atoms with van der Waals surface area (Å²) in [5, 5.41) is 12.3. The highest BCUT2D eigenvalue weighted by Gasteiger charge is 2.22. The molecule has 0 bridgehead atoms. The Kier molecular flexibility index (Phi) is 6.80. The minimum atomic E-state index is -0.0730. The van der Waals surface area contributed by atoms with E-state index in [9.17, 15) is 9.90 Å². The largest absolute Gasteiger partial charge is 0.395 e. The number of hydrogen-bond acceptors (Lipinski definition) is 5. The van der Waals surface area contributed by atoms with Crippen LogP contribution >= 0.6 is 0 Å². The molecule has 128 valence electrons. The number of aromatic nitrogens is 1. The van der Waals surface area contributed by atoms with Crippen LogP contribution in [0.2, 0.25) is 0 Å². The van der Waals surface area contributed by atoms with Gasteiger partial charge < -0.3 is 15.3 Å². The number of hydrogen-bond donors (Lipinski definition) is 2. The maximum atomic E-state index is 12.3. The molecule has 0 aromatic carbocycles. The molecule has 1 atom stereocenters. The van der Waals surface area contributed by atoms with E-state index in [4.69, 9.17) is 0 Å². The molecule has 6 nitrogen and oxygen atoms in total. The molecule has 1 amide bonds. The highest BCUT2D eigenvalue weighted by Crippen LogP contribution is 2.17. The van der Waals surface area contributed by atoms with Gasteiger partial charge in [0, 0.05) is 32.9 Å². The summed E-state index contributed by atoms with van der Waals surface area (Å²) in [5.74, 6) is 0.615. The van der Waals surface area contributed by atoms with Gasteiger partial charge in [0.05, 0.1) is 12.2 Å². The van der Waals surface area contributed by atoms with E-state index in [-0.39, 0.29) is 12.5 Å². The van der Waals surface area contributed by atoms with Crippen LogP contribution in [0.5, 0.6) is 0 Å². The molecule has 1 fully saturated rings. The van der Waals surface area contributed by atoms with Crippen LogP contribution in [0.3, 0.4) is 0 Å². The summed E-state index contributed by atoms with van der Waals surface area (Å²) in [6, 6.07) is 3.92. The lowest BCUT2D eigenvalue weighted by atomic mass is 10.2. The summed E-state index contributed by atoms with van der Waals surface area (Å²) < 4.78 is 0. The van der Waals surface area contributed by atoms with Gasteiger partial charge in [-0.25, -0.2) is 4.98 Å². The second kappa shape index (κ2) is 8.84. The number of nitrogens with zero attached hydrogens (tertiary/aromatic N) is 3. The first-order valence-electron chi connectivity index (χ1n) is 8.39. The molecule has 1 aromatic rings. The number of rotatable bonds is 8. The molecule has 1 unspecified atom stereocenters. The highest BCUT2D eigenvalue weighted by molar-refractivity contribution is 5.98. The monoisotopic (exact) mass is 320 g/mol. The van der Waals surface area contributed by atoms with Gasteiger partial charge in [0.1, 0.15) is 5.82 Å². The second-order valence-electron chi connectivity index (χ2n) is 6.25. The minimum Gasteiger partial charge on any atom is -0.395 e. The maximum Gasteiger partial charge on any atom is 0.255 e. The third-order valence-electron chi connectivity index (χ3n) is 4.32. The fourth-order valence-electron chi connectivity index (χ4n) is 3.06. The molecule has 0 spiro atoms. The first-order chi connectivity index (χ1) is 11.1. The average molecular weight is 320 g/mol. The first kappa shape index (κ1) is 17.7. The molecule has 1 aliphatic rings. The van der Waals surface area contributed by atoms with Gasteiger partial charge in [-0.1, -0.05) is 0 Å². The van der Waals surface area contributed by atoms with E-state index in [0.717, 1.165) is 32.4 Å². The molecule has 0 radical (unpaired) electrons. The van der Waals surface area contributed by atoms with Crippen molar-refractivity contribution in [1.29, 1.82) is 0 Å². The summed E-state index contributed by atoms with van der Waals surface area (Å²) in [4.78, 5) is 20.7. The lowest BCUT2D eigenvalue weighted by Gasteiger charge is -2.22. The van der Waals surface area contributed by atoms with Crippen molar-refractivity contribution in [3.05, 3.63) is 23.9 Å². The number of carbonyl (C=O) groups excluding carboxylic acids is 1. The number of aliphatic hydroxyl groups excluding tert-OH is 1. The van der Waals surface area contributed by atoms with Crippen molar-refractivity contribution in [2.45, 2.75) is 31.7 Å². The van der Waals surface area contributed by atoms with Crippen molar-refractivity contribution in [3.63, 3.8) is 0 Å². The Labute approximate surface area is 138 Å². The molecule has 1 saturated heterocycles. The normalized spacial score (nSPS) is 18.1. The van der Waals surface area contributed by atoms with Gasteiger partial charge in [-0.2, -0.15) is 0 Å². The van der Waals surface area contributed by atoms with E-state index >= 15 is 0 Å². The zero-order chi connectivity index (χ0) is 16.7. The molecule has 0 saturated carbocycles. The molecule has 6 heteroatoms. The van der Waals surface area contributed by atoms with Crippen LogP contribution in [0.25, 0.3) is 0 Å². The molecule has 1 aliphatic heterocycles. The molecule has 2 rings (SSSR count). The van der Waals surface area contributed by atoms with Crippen LogP contribution in [0.4, 0.5) is 5.82 Å². The SMILES string of the molecule is CN(C)c1ncccc1C(=O)NCCCCN1CCCC1CO. The molecule has 1 aromatic heterocycles. The Bertz CT molecular complexity index is 507. The number of likely N-dealkylation sites (tertiary alicyclic amines) is 1. The van der Waals surface area contributed by atoms with Crippen molar-refractivity contribution < 1.29 is 9.90 Å². The maximum absolute atomic E-state index is 12.3. The van der Waals surface area contributed by atoms with Crippen molar-refractivity contribution in [3.8, 4) is 0 Å². The van der Waals surface area contributed by atoms with Gasteiger partial charge in [0.25, 0.3) is 5.91 Å². The van der Waals surface area contributed by atoms with Crippen molar-refractivity contribution >= 4 is 11.7 Å². The Morgan fingerprint density at radius 1 is 1.48 bits per heavy atom. The van der Waals surface area contributed by atoms with Crippen molar-refractivity contribution in [2.24, 2.45) is 0 Å². The van der Waals surface area contributed by atoms with Gasteiger partial charge in [0.2, 0.25) is 0 Å². The predicted octanol–water partition coefficient (Wildman–Crippen LogP) is 1.11. The van der Waals surface area contributed by atoms with Crippen LogP contribution in [-0.4, -0.2) is 67.3 Å². The van der Waals surface area contributed by atoms with E-state index in [2.05, 4.69) is 15.2 Å². The number of nitrogens with one attached hydrogen (secondary N) is 1. The Morgan fingerprint density at radius 3 is 3.04 bits per heavy atom. The van der Waals surface area contributed by atoms with Crippen LogP contribution in [-0.2, 0) is 0 Å². The quantitative estimate of drug-likeness (QED) is 0.703. The van der Waals surface area contributed by atoms with Gasteiger partial charge in [-0.15, -0.1) is 0 Å². The Balaban J connectivity index is 1.71. The molecular formula is C17H28N4O2. The van der Waals surface area contributed by atoms with Gasteiger partial charge in [-0.3, -0.25) is 9.69 Å². The fourth-order valence-corrected chi connectivity index (χ4v) is 3.06. The van der Waals surface area contributed by atoms with Crippen molar-refractivity contribution in [1.82, 2.24) is 15.2 Å². The minimum absolute atomic E-state index is 0.0730. The summed E-state index contributed by atoms with van der Waals surface area (Å²) in [6.07, 6.45) is 5.94. The molecular weight excluding hydrogens is 292 g/mol. The first-order valence-corrected chi connectivity index (χ1v) is 8.39. The summed E-state index contributed by atoms with van der Waals surface area (Å²) >= 11 is 0. The Hall–Kier alpha value is -1.66. The molecule has 23 heavy (non-hydrogen) atoms. The van der Waals surface area contributed by atoms with Crippen LogP contribution in [0.1, 0.15) is 36.0 Å². The number of aliphatic hydroxyl groups is 1. The zero-order valence-corrected chi connectivity index (χ0v) is 14.2. The number of unbranched alkanes of at least 4 members (excludes halogenated alkanes) is 1. The average Bonchev–Trinajstić information content (AvgIpc) is 3.01. The van der Waals surface area contributed by atoms with E-state index in [0.29, 0.717) is 24.0 Å². The summed E-state index contributed by atoms with van der Waals surface area (Å²) in [6.45, 7) is 3.00. The number of carbonyl (C=O) groups is 1. The molecule has 0 aliphatic carbocycles. The number of pyridine rings is 1. The summed E-state index contributed by atoms with van der Waals surface area (Å²) in [5.41, 5.74) is 0.609. The van der Waals surface area contributed by atoms with E-state index in [1.165, 1.54) is 6.42 Å².